The van der Waals surface area contributed by atoms with Gasteiger partial charge in [-0.2, -0.15) is 10.2 Å². The lowest BCUT2D eigenvalue weighted by molar-refractivity contribution is -0.0209. The molecule has 5 rings (SSSR count). The van der Waals surface area contributed by atoms with E-state index in [0.717, 1.165) is 43.3 Å². The van der Waals surface area contributed by atoms with Gasteiger partial charge in [-0.15, -0.1) is 0 Å². The number of nitrogens with zero attached hydrogens (tertiary/aromatic N) is 2. The maximum absolute atomic E-state index is 10.2. The predicted molar refractivity (Wildman–Crippen MR) is 121 cm³/mol. The number of furan rings is 1. The summed E-state index contributed by atoms with van der Waals surface area (Å²) in [5.74, 6) is 3.06. The molecule has 6 unspecified atom stereocenters. The van der Waals surface area contributed by atoms with Gasteiger partial charge in [0.25, 0.3) is 0 Å². The number of aliphatic hydroxyl groups excluding tert-OH is 1. The van der Waals surface area contributed by atoms with Crippen LogP contribution >= 0.6 is 0 Å². The van der Waals surface area contributed by atoms with Gasteiger partial charge in [0.15, 0.2) is 0 Å². The molecule has 3 fully saturated rings. The van der Waals surface area contributed by atoms with Gasteiger partial charge in [0.2, 0.25) is 0 Å². The van der Waals surface area contributed by atoms with Crippen LogP contribution in [0.4, 0.5) is 0 Å². The van der Waals surface area contributed by atoms with Crippen LogP contribution in [0.2, 0.25) is 0 Å². The third-order valence-electron chi connectivity index (χ3n) is 8.95. The summed E-state index contributed by atoms with van der Waals surface area (Å²) in [5, 5.41) is 19.3. The van der Waals surface area contributed by atoms with Crippen LogP contribution in [0.1, 0.15) is 71.0 Å². The number of hydrogen-bond acceptors (Lipinski definition) is 4. The fourth-order valence-corrected chi connectivity index (χ4v) is 7.26. The Morgan fingerprint density at radius 3 is 2.80 bits per heavy atom. The molecule has 3 saturated carbocycles. The van der Waals surface area contributed by atoms with Crippen LogP contribution in [-0.2, 0) is 0 Å². The number of aliphatic hydroxyl groups is 1. The second-order valence-corrected chi connectivity index (χ2v) is 10.3. The highest BCUT2D eigenvalue weighted by Crippen LogP contribution is 2.64. The largest absolute Gasteiger partial charge is 0.465 e. The molecule has 0 aromatic carbocycles. The zero-order chi connectivity index (χ0) is 20.8. The van der Waals surface area contributed by atoms with Crippen LogP contribution in [0, 0.1) is 28.6 Å². The summed E-state index contributed by atoms with van der Waals surface area (Å²) in [7, 11) is 0. The zero-order valence-corrected chi connectivity index (χ0v) is 18.3. The van der Waals surface area contributed by atoms with Gasteiger partial charge in [-0.1, -0.05) is 25.5 Å². The number of rotatable bonds is 3. The summed E-state index contributed by atoms with van der Waals surface area (Å²) in [6, 6.07) is 3.81. The highest BCUT2D eigenvalue weighted by atomic mass is 16.3. The lowest BCUT2D eigenvalue weighted by atomic mass is 9.48. The molecule has 0 bridgehead atoms. The van der Waals surface area contributed by atoms with E-state index >= 15 is 0 Å². The molecule has 4 heteroatoms. The highest BCUT2D eigenvalue weighted by Gasteiger charge is 2.57. The maximum atomic E-state index is 10.2. The van der Waals surface area contributed by atoms with Gasteiger partial charge in [-0.3, -0.25) is 0 Å². The molecule has 6 atom stereocenters. The van der Waals surface area contributed by atoms with E-state index in [9.17, 15) is 5.11 Å². The molecular formula is C26H34N2O2. The third-order valence-corrected chi connectivity index (χ3v) is 8.95. The molecule has 0 radical (unpaired) electrons. The number of hydrogen-bond donors (Lipinski definition) is 1. The fourth-order valence-electron chi connectivity index (χ4n) is 7.26. The predicted octanol–water partition coefficient (Wildman–Crippen LogP) is 6.04. The van der Waals surface area contributed by atoms with Gasteiger partial charge in [-0.05, 0) is 98.8 Å². The molecule has 1 heterocycles. The van der Waals surface area contributed by atoms with E-state index in [1.807, 2.05) is 24.3 Å². The van der Waals surface area contributed by atoms with Crippen molar-refractivity contribution in [1.29, 1.82) is 0 Å². The van der Waals surface area contributed by atoms with Crippen LogP contribution in [0.5, 0.6) is 0 Å². The summed E-state index contributed by atoms with van der Waals surface area (Å²) in [6.45, 7) is 4.93. The van der Waals surface area contributed by atoms with Crippen molar-refractivity contribution in [2.45, 2.75) is 71.3 Å². The van der Waals surface area contributed by atoms with E-state index in [1.54, 1.807) is 18.1 Å². The normalized spacial score (nSPS) is 42.4. The van der Waals surface area contributed by atoms with Crippen molar-refractivity contribution in [1.82, 2.24) is 0 Å². The van der Waals surface area contributed by atoms with Gasteiger partial charge in [0.1, 0.15) is 5.76 Å². The van der Waals surface area contributed by atoms with E-state index in [4.69, 9.17) is 9.52 Å². The highest BCUT2D eigenvalue weighted by molar-refractivity contribution is 5.93. The Labute approximate surface area is 179 Å². The Morgan fingerprint density at radius 1 is 1.13 bits per heavy atom. The van der Waals surface area contributed by atoms with Crippen molar-refractivity contribution in [3.63, 3.8) is 0 Å². The van der Waals surface area contributed by atoms with Crippen LogP contribution in [0.3, 0.4) is 0 Å². The second-order valence-electron chi connectivity index (χ2n) is 10.3. The van der Waals surface area contributed by atoms with E-state index < -0.39 is 0 Å². The first-order chi connectivity index (χ1) is 14.5. The summed E-state index contributed by atoms with van der Waals surface area (Å²) < 4.78 is 5.30. The lowest BCUT2D eigenvalue weighted by Crippen LogP contribution is -2.50. The Hall–Kier alpha value is -1.94. The molecule has 30 heavy (non-hydrogen) atoms. The summed E-state index contributed by atoms with van der Waals surface area (Å²) >= 11 is 0. The first kappa shape index (κ1) is 20.0. The molecule has 0 amide bonds. The molecule has 1 N–H and O–H groups in total. The van der Waals surface area contributed by atoms with Crippen LogP contribution in [-0.4, -0.2) is 23.1 Å². The summed E-state index contributed by atoms with van der Waals surface area (Å²) in [5.41, 5.74) is 3.34. The Balaban J connectivity index is 1.33. The molecule has 0 saturated heterocycles. The Bertz CT molecular complexity index is 896. The fraction of sp³-hybridized carbons (Fsp3) is 0.615. The topological polar surface area (TPSA) is 58.1 Å². The maximum Gasteiger partial charge on any atom is 0.126 e. The van der Waals surface area contributed by atoms with Crippen molar-refractivity contribution in [3.05, 3.63) is 41.9 Å². The van der Waals surface area contributed by atoms with Crippen LogP contribution in [0.25, 0.3) is 6.08 Å². The average molecular weight is 407 g/mol. The molecule has 4 aliphatic carbocycles. The quantitative estimate of drug-likeness (QED) is 0.378. The second kappa shape index (κ2) is 7.64. The van der Waals surface area contributed by atoms with E-state index in [2.05, 4.69) is 25.0 Å². The smallest absolute Gasteiger partial charge is 0.126 e. The van der Waals surface area contributed by atoms with Crippen molar-refractivity contribution >= 4 is 18.0 Å². The van der Waals surface area contributed by atoms with Crippen molar-refractivity contribution in [2.75, 3.05) is 0 Å². The summed E-state index contributed by atoms with van der Waals surface area (Å²) in [4.78, 5) is 0. The molecule has 0 spiro atoms. The minimum atomic E-state index is -0.125. The molecule has 1 aromatic rings. The van der Waals surface area contributed by atoms with Gasteiger partial charge in [0.05, 0.1) is 12.4 Å². The van der Waals surface area contributed by atoms with Crippen molar-refractivity contribution < 1.29 is 9.52 Å². The molecule has 4 aliphatic rings. The van der Waals surface area contributed by atoms with E-state index in [-0.39, 0.29) is 11.5 Å². The van der Waals surface area contributed by atoms with Crippen LogP contribution < -0.4 is 0 Å². The van der Waals surface area contributed by atoms with Gasteiger partial charge in [0, 0.05) is 17.3 Å². The third kappa shape index (κ3) is 3.24. The first-order valence-electron chi connectivity index (χ1n) is 11.7. The average Bonchev–Trinajstić information content (AvgIpc) is 3.36. The SMILES string of the molecule is CC12CCC(O)CC1=CCC1C2CCC2(C)C(=NN=CC=Cc3ccco3)CCC12. The molecule has 0 aliphatic heterocycles. The molecular weight excluding hydrogens is 372 g/mol. The first-order valence-corrected chi connectivity index (χ1v) is 11.7. The summed E-state index contributed by atoms with van der Waals surface area (Å²) in [6.07, 6.45) is 18.6. The zero-order valence-electron chi connectivity index (χ0n) is 18.3. The number of fused-ring (bicyclic) bond motifs is 5. The van der Waals surface area contributed by atoms with E-state index in [0.29, 0.717) is 11.3 Å². The molecule has 4 nitrogen and oxygen atoms in total. The lowest BCUT2D eigenvalue weighted by Gasteiger charge is -2.57. The molecule has 160 valence electrons. The van der Waals surface area contributed by atoms with Crippen molar-refractivity contribution in [2.24, 2.45) is 38.8 Å². The number of allylic oxidation sites excluding steroid dienone is 2. The standard InChI is InChI=1S/C26H34N2O2/c1-25-13-11-19(29)17-18(25)7-8-21-22-9-10-24(26(22,2)14-12-23(21)25)28-27-15-3-5-20-6-4-16-30-20/h3-7,15-16,19,21-23,29H,8-14,17H2,1-2H3. The van der Waals surface area contributed by atoms with Crippen LogP contribution in [0.15, 0.2) is 50.7 Å². The van der Waals surface area contributed by atoms with E-state index in [1.165, 1.54) is 31.4 Å². The molecule has 1 aromatic heterocycles. The van der Waals surface area contributed by atoms with Gasteiger partial charge in [-0.25, -0.2) is 0 Å². The Morgan fingerprint density at radius 2 is 1.97 bits per heavy atom. The monoisotopic (exact) mass is 406 g/mol. The van der Waals surface area contributed by atoms with Gasteiger partial charge >= 0.3 is 0 Å². The minimum Gasteiger partial charge on any atom is -0.465 e. The Kier molecular flexibility index (Phi) is 5.09. The van der Waals surface area contributed by atoms with Crippen molar-refractivity contribution in [3.8, 4) is 0 Å². The van der Waals surface area contributed by atoms with Gasteiger partial charge < -0.3 is 9.52 Å². The minimum absolute atomic E-state index is 0.125.